The third-order valence-corrected chi connectivity index (χ3v) is 5.37. The van der Waals surface area contributed by atoms with Crippen LogP contribution in [-0.4, -0.2) is 25.9 Å². The molecule has 3 rings (SSSR count). The Morgan fingerprint density at radius 3 is 1.79 bits per heavy atom. The molecule has 0 fully saturated rings. The van der Waals surface area contributed by atoms with Crippen molar-refractivity contribution in [2.45, 2.75) is 9.79 Å². The Labute approximate surface area is 211 Å². The van der Waals surface area contributed by atoms with Crippen LogP contribution < -0.4 is 64.8 Å². The standard InChI is InChI=1S/C16H13N3O6S2.2Na/c17-15-7-8-16(13-6-5-12(9-14(13)15)27(23,24)25)19-18-10-1-3-11(4-2-10)26(20,21)22;;/h1-9H,17H2,(H,20,21,22)(H,23,24,25);;/q;2*+1/p-2. The Kier molecular flexibility index (Phi) is 8.99. The average Bonchev–Trinajstić information content (AvgIpc) is 2.60. The first-order valence-electron chi connectivity index (χ1n) is 7.31. The average molecular weight is 451 g/mol. The Morgan fingerprint density at radius 1 is 0.690 bits per heavy atom. The van der Waals surface area contributed by atoms with Crippen LogP contribution in [0.5, 0.6) is 0 Å². The van der Waals surface area contributed by atoms with E-state index in [4.69, 9.17) is 5.73 Å². The zero-order valence-corrected chi connectivity index (χ0v) is 21.1. The normalized spacial score (nSPS) is 11.8. The molecule has 9 nitrogen and oxygen atoms in total. The van der Waals surface area contributed by atoms with Gasteiger partial charge in [-0.3, -0.25) is 0 Å². The maximum atomic E-state index is 11.2. The van der Waals surface area contributed by atoms with Gasteiger partial charge in [0.05, 0.1) is 21.2 Å². The Bertz CT molecular complexity index is 1280. The molecule has 0 aromatic heterocycles. The first kappa shape index (κ1) is 26.2. The molecule has 13 heteroatoms. The summed E-state index contributed by atoms with van der Waals surface area (Å²) in [6.07, 6.45) is 0. The summed E-state index contributed by atoms with van der Waals surface area (Å²) in [5, 5.41) is 8.81. The van der Waals surface area contributed by atoms with Gasteiger partial charge in [0.1, 0.15) is 20.2 Å². The van der Waals surface area contributed by atoms with Gasteiger partial charge in [0, 0.05) is 16.5 Å². The second-order valence-electron chi connectivity index (χ2n) is 5.48. The molecule has 0 bridgehead atoms. The van der Waals surface area contributed by atoms with Crippen molar-refractivity contribution in [3.63, 3.8) is 0 Å². The van der Waals surface area contributed by atoms with Crippen molar-refractivity contribution < 1.29 is 85.1 Å². The minimum Gasteiger partial charge on any atom is -0.744 e. The third-order valence-electron chi connectivity index (χ3n) is 3.69. The van der Waals surface area contributed by atoms with Crippen molar-refractivity contribution in [3.05, 3.63) is 54.6 Å². The molecule has 0 aliphatic carbocycles. The molecular formula is C16H11N3Na2O6S2. The molecule has 0 aliphatic heterocycles. The van der Waals surface area contributed by atoms with E-state index in [1.54, 1.807) is 6.07 Å². The number of nitrogen functional groups attached to an aromatic ring is 1. The minimum absolute atomic E-state index is 0. The van der Waals surface area contributed by atoms with Gasteiger partial charge in [-0.05, 0) is 48.5 Å². The number of benzene rings is 3. The van der Waals surface area contributed by atoms with Crippen LogP contribution in [0.4, 0.5) is 17.1 Å². The van der Waals surface area contributed by atoms with E-state index in [0.29, 0.717) is 22.1 Å². The molecular weight excluding hydrogens is 440 g/mol. The summed E-state index contributed by atoms with van der Waals surface area (Å²) in [5.74, 6) is 0. The van der Waals surface area contributed by atoms with Crippen molar-refractivity contribution in [2.75, 3.05) is 5.73 Å². The predicted octanol–water partition coefficient (Wildman–Crippen LogP) is -3.35. The Balaban J connectivity index is 0.00000210. The number of rotatable bonds is 4. The van der Waals surface area contributed by atoms with Gasteiger partial charge in [0.2, 0.25) is 0 Å². The Morgan fingerprint density at radius 2 is 1.24 bits per heavy atom. The topological polar surface area (TPSA) is 165 Å². The number of hydrogen-bond acceptors (Lipinski definition) is 9. The van der Waals surface area contributed by atoms with Gasteiger partial charge in [-0.25, -0.2) is 16.8 Å². The number of nitrogens with zero attached hydrogens (tertiary/aromatic N) is 2. The molecule has 0 amide bonds. The second-order valence-corrected chi connectivity index (χ2v) is 8.24. The smallest absolute Gasteiger partial charge is 0.744 e. The molecule has 140 valence electrons. The second kappa shape index (κ2) is 9.96. The summed E-state index contributed by atoms with van der Waals surface area (Å²) in [5.41, 5.74) is 6.76. The molecule has 0 saturated carbocycles. The molecule has 2 N–H and O–H groups in total. The zero-order chi connectivity index (χ0) is 19.8. The van der Waals surface area contributed by atoms with Gasteiger partial charge in [0.15, 0.2) is 0 Å². The summed E-state index contributed by atoms with van der Waals surface area (Å²) < 4.78 is 66.3. The van der Waals surface area contributed by atoms with Crippen LogP contribution in [0.15, 0.2) is 74.6 Å². The zero-order valence-electron chi connectivity index (χ0n) is 15.4. The van der Waals surface area contributed by atoms with Crippen molar-refractivity contribution in [2.24, 2.45) is 10.2 Å². The molecule has 3 aromatic rings. The summed E-state index contributed by atoms with van der Waals surface area (Å²) in [6.45, 7) is 0. The van der Waals surface area contributed by atoms with E-state index in [1.165, 1.54) is 30.3 Å². The van der Waals surface area contributed by atoms with Crippen molar-refractivity contribution in [3.8, 4) is 0 Å². The van der Waals surface area contributed by atoms with Gasteiger partial charge in [0.25, 0.3) is 0 Å². The van der Waals surface area contributed by atoms with E-state index in [2.05, 4.69) is 10.2 Å². The van der Waals surface area contributed by atoms with Crippen molar-refractivity contribution >= 4 is 48.1 Å². The van der Waals surface area contributed by atoms with E-state index in [1.807, 2.05) is 0 Å². The quantitative estimate of drug-likeness (QED) is 0.187. The van der Waals surface area contributed by atoms with Crippen LogP contribution in [-0.2, 0) is 20.2 Å². The van der Waals surface area contributed by atoms with Gasteiger partial charge in [-0.15, -0.1) is 5.11 Å². The largest absolute Gasteiger partial charge is 1.00 e. The molecule has 0 radical (unpaired) electrons. The maximum absolute atomic E-state index is 11.2. The van der Waals surface area contributed by atoms with Gasteiger partial charge in [-0.2, -0.15) is 5.11 Å². The summed E-state index contributed by atoms with van der Waals surface area (Å²) in [7, 11) is -9.18. The molecule has 3 aromatic carbocycles. The fraction of sp³-hybridized carbons (Fsp3) is 0. The fourth-order valence-corrected chi connectivity index (χ4v) is 3.33. The summed E-state index contributed by atoms with van der Waals surface area (Å²) in [6, 6.07) is 11.6. The van der Waals surface area contributed by atoms with E-state index in [0.717, 1.165) is 18.2 Å². The predicted molar refractivity (Wildman–Crippen MR) is 94.9 cm³/mol. The van der Waals surface area contributed by atoms with E-state index in [9.17, 15) is 25.9 Å². The Hall–Kier alpha value is -0.860. The number of nitrogens with two attached hydrogens (primary N) is 1. The van der Waals surface area contributed by atoms with Crippen LogP contribution in [0.3, 0.4) is 0 Å². The van der Waals surface area contributed by atoms with Gasteiger partial charge in [-0.1, -0.05) is 6.07 Å². The number of anilines is 1. The van der Waals surface area contributed by atoms with Crippen LogP contribution in [0.2, 0.25) is 0 Å². The van der Waals surface area contributed by atoms with Crippen LogP contribution in [0.25, 0.3) is 10.8 Å². The van der Waals surface area contributed by atoms with E-state index < -0.39 is 25.1 Å². The summed E-state index contributed by atoms with van der Waals surface area (Å²) >= 11 is 0. The van der Waals surface area contributed by atoms with Crippen LogP contribution in [0, 0.1) is 0 Å². The molecule has 0 heterocycles. The molecule has 29 heavy (non-hydrogen) atoms. The van der Waals surface area contributed by atoms with Crippen LogP contribution in [0.1, 0.15) is 0 Å². The van der Waals surface area contributed by atoms with Crippen molar-refractivity contribution in [1.82, 2.24) is 0 Å². The maximum Gasteiger partial charge on any atom is 1.00 e. The minimum atomic E-state index is -4.63. The molecule has 0 aliphatic rings. The van der Waals surface area contributed by atoms with Gasteiger partial charge < -0.3 is 14.8 Å². The molecule has 0 spiro atoms. The monoisotopic (exact) mass is 451 g/mol. The first-order chi connectivity index (χ1) is 12.6. The number of azo groups is 1. The molecule has 0 unspecified atom stereocenters. The number of fused-ring (bicyclic) bond motifs is 1. The van der Waals surface area contributed by atoms with Crippen LogP contribution >= 0.6 is 0 Å². The first-order valence-corrected chi connectivity index (χ1v) is 10.1. The fourth-order valence-electron chi connectivity index (χ4n) is 2.37. The SMILES string of the molecule is Nc1ccc(N=Nc2ccc(S(=O)(=O)[O-])cc2)c2ccc(S(=O)(=O)[O-])cc12.[Na+].[Na+]. The number of hydrogen-bond donors (Lipinski definition) is 1. The summed E-state index contributed by atoms with van der Waals surface area (Å²) in [4.78, 5) is -0.795. The molecule has 0 atom stereocenters. The van der Waals surface area contributed by atoms with Gasteiger partial charge >= 0.3 is 59.1 Å². The molecule has 0 saturated heterocycles. The van der Waals surface area contributed by atoms with E-state index in [-0.39, 0.29) is 69.7 Å². The third kappa shape index (κ3) is 6.31. The van der Waals surface area contributed by atoms with E-state index >= 15 is 0 Å². The van der Waals surface area contributed by atoms with Crippen molar-refractivity contribution in [1.29, 1.82) is 0 Å².